The van der Waals surface area contributed by atoms with Gasteiger partial charge in [-0.05, 0) is 36.5 Å². The molecule has 0 aromatic heterocycles. The van der Waals surface area contributed by atoms with Gasteiger partial charge in [0.2, 0.25) is 0 Å². The molecular weight excluding hydrogens is 406 g/mol. The van der Waals surface area contributed by atoms with Gasteiger partial charge in [-0.1, -0.05) is 33.6 Å². The Morgan fingerprint density at radius 3 is 2.65 bits per heavy atom. The van der Waals surface area contributed by atoms with E-state index < -0.39 is 10.8 Å². The number of carbonyl (C=O) groups is 1. The van der Waals surface area contributed by atoms with Gasteiger partial charge in [-0.3, -0.25) is 20.2 Å². The third-order valence-corrected chi connectivity index (χ3v) is 3.75. The number of nitrogens with one attached hydrogen (secondary N) is 2. The Morgan fingerprint density at radius 1 is 1.26 bits per heavy atom. The summed E-state index contributed by atoms with van der Waals surface area (Å²) in [5, 5.41) is 16.2. The molecule has 0 saturated carbocycles. The lowest BCUT2D eigenvalue weighted by atomic mass is 10.2. The Morgan fingerprint density at radius 2 is 2.00 bits per heavy atom. The molecule has 0 aliphatic rings. The van der Waals surface area contributed by atoms with Crippen molar-refractivity contribution in [3.05, 3.63) is 67.6 Å². The molecule has 23 heavy (non-hydrogen) atoms. The molecule has 0 radical (unpaired) electrons. The van der Waals surface area contributed by atoms with Crippen LogP contribution in [0.1, 0.15) is 10.4 Å². The van der Waals surface area contributed by atoms with E-state index in [-0.39, 0.29) is 21.5 Å². The number of hydrogen-bond donors (Lipinski definition) is 2. The van der Waals surface area contributed by atoms with Gasteiger partial charge in [0.05, 0.1) is 15.6 Å². The fourth-order valence-electron chi connectivity index (χ4n) is 1.68. The van der Waals surface area contributed by atoms with Crippen LogP contribution in [0.3, 0.4) is 0 Å². The van der Waals surface area contributed by atoms with Gasteiger partial charge in [-0.15, -0.1) is 0 Å². The number of halogens is 2. The van der Waals surface area contributed by atoms with E-state index in [0.717, 1.165) is 4.47 Å². The third-order valence-electron chi connectivity index (χ3n) is 2.72. The van der Waals surface area contributed by atoms with E-state index in [4.69, 9.17) is 23.8 Å². The quantitative estimate of drug-likeness (QED) is 0.448. The second-order valence-corrected chi connectivity index (χ2v) is 6.07. The van der Waals surface area contributed by atoms with E-state index in [1.807, 2.05) is 0 Å². The number of nitrogens with zero attached hydrogens (tertiary/aromatic N) is 1. The van der Waals surface area contributed by atoms with Gasteiger partial charge in [0, 0.05) is 22.2 Å². The lowest BCUT2D eigenvalue weighted by molar-refractivity contribution is -0.384. The number of hydrogen-bond acceptors (Lipinski definition) is 4. The first-order chi connectivity index (χ1) is 10.9. The van der Waals surface area contributed by atoms with Crippen LogP contribution in [0.5, 0.6) is 0 Å². The zero-order chi connectivity index (χ0) is 17.0. The fraction of sp³-hybridized carbons (Fsp3) is 0. The molecule has 2 aromatic carbocycles. The van der Waals surface area contributed by atoms with Crippen molar-refractivity contribution in [3.63, 3.8) is 0 Å². The number of thiocarbonyl (C=S) groups is 1. The van der Waals surface area contributed by atoms with Crippen LogP contribution in [0.15, 0.2) is 46.9 Å². The monoisotopic (exact) mass is 413 g/mol. The van der Waals surface area contributed by atoms with Crippen LogP contribution < -0.4 is 10.6 Å². The molecule has 2 N–H and O–H groups in total. The normalized spacial score (nSPS) is 10.0. The first kappa shape index (κ1) is 17.3. The zero-order valence-electron chi connectivity index (χ0n) is 11.4. The predicted molar refractivity (Wildman–Crippen MR) is 95.9 cm³/mol. The van der Waals surface area contributed by atoms with Gasteiger partial charge in [0.25, 0.3) is 11.6 Å². The van der Waals surface area contributed by atoms with E-state index in [9.17, 15) is 14.9 Å². The first-order valence-corrected chi connectivity index (χ1v) is 7.76. The highest BCUT2D eigenvalue weighted by atomic mass is 79.9. The van der Waals surface area contributed by atoms with Crippen LogP contribution in [0.4, 0.5) is 11.4 Å². The molecule has 118 valence electrons. The maximum atomic E-state index is 12.1. The Bertz CT molecular complexity index is 801. The Balaban J connectivity index is 2.09. The summed E-state index contributed by atoms with van der Waals surface area (Å²) < 4.78 is 0.755. The van der Waals surface area contributed by atoms with E-state index in [1.165, 1.54) is 18.2 Å². The largest absolute Gasteiger partial charge is 0.331 e. The van der Waals surface area contributed by atoms with E-state index in [2.05, 4.69) is 26.6 Å². The number of amides is 1. The Kier molecular flexibility index (Phi) is 5.64. The van der Waals surface area contributed by atoms with Crippen molar-refractivity contribution in [2.45, 2.75) is 0 Å². The maximum absolute atomic E-state index is 12.1. The molecule has 2 aromatic rings. The summed E-state index contributed by atoms with van der Waals surface area (Å²) >= 11 is 14.3. The number of non-ortho nitro benzene ring substituents is 1. The molecule has 0 unspecified atom stereocenters. The Labute approximate surface area is 150 Å². The van der Waals surface area contributed by atoms with E-state index >= 15 is 0 Å². The molecule has 0 aliphatic heterocycles. The molecule has 2 rings (SSSR count). The van der Waals surface area contributed by atoms with Crippen molar-refractivity contribution in [1.82, 2.24) is 5.32 Å². The van der Waals surface area contributed by atoms with Crippen LogP contribution in [-0.2, 0) is 0 Å². The van der Waals surface area contributed by atoms with Gasteiger partial charge < -0.3 is 5.32 Å². The van der Waals surface area contributed by atoms with Crippen LogP contribution >= 0.6 is 39.7 Å². The molecule has 6 nitrogen and oxygen atoms in total. The molecule has 0 spiro atoms. The number of rotatable bonds is 3. The number of anilines is 1. The lowest BCUT2D eigenvalue weighted by Crippen LogP contribution is -2.34. The minimum atomic E-state index is -0.551. The summed E-state index contributed by atoms with van der Waals surface area (Å²) in [5.41, 5.74) is 0.507. The van der Waals surface area contributed by atoms with E-state index in [0.29, 0.717) is 5.56 Å². The highest BCUT2D eigenvalue weighted by Gasteiger charge is 2.13. The van der Waals surface area contributed by atoms with Crippen LogP contribution in [-0.4, -0.2) is 15.9 Å². The fourth-order valence-corrected chi connectivity index (χ4v) is 2.45. The number of carbonyl (C=O) groups excluding carboxylic acids is 1. The average molecular weight is 415 g/mol. The third kappa shape index (κ3) is 4.72. The highest BCUT2D eigenvalue weighted by Crippen LogP contribution is 2.26. The summed E-state index contributed by atoms with van der Waals surface area (Å²) in [5.74, 6) is -0.412. The van der Waals surface area contributed by atoms with Crippen molar-refractivity contribution < 1.29 is 9.72 Å². The van der Waals surface area contributed by atoms with Crippen molar-refractivity contribution >= 4 is 62.1 Å². The van der Waals surface area contributed by atoms with Crippen molar-refractivity contribution in [2.75, 3.05) is 5.32 Å². The zero-order valence-corrected chi connectivity index (χ0v) is 14.5. The predicted octanol–water partition coefficient (Wildman–Crippen LogP) is 4.14. The van der Waals surface area contributed by atoms with Gasteiger partial charge in [0.15, 0.2) is 5.11 Å². The summed E-state index contributed by atoms with van der Waals surface area (Å²) in [6.07, 6.45) is 0. The smallest absolute Gasteiger partial charge is 0.271 e. The van der Waals surface area contributed by atoms with Gasteiger partial charge >= 0.3 is 0 Å². The molecule has 9 heteroatoms. The molecule has 1 amide bonds. The molecule has 0 atom stereocenters. The van der Waals surface area contributed by atoms with Gasteiger partial charge in [-0.25, -0.2) is 0 Å². The molecule has 0 heterocycles. The highest BCUT2D eigenvalue weighted by molar-refractivity contribution is 9.10. The lowest BCUT2D eigenvalue weighted by Gasteiger charge is -2.11. The maximum Gasteiger partial charge on any atom is 0.271 e. The molecule has 0 bridgehead atoms. The van der Waals surface area contributed by atoms with Crippen molar-refractivity contribution in [2.24, 2.45) is 0 Å². The number of benzene rings is 2. The molecular formula is C14H9BrClN3O3S. The van der Waals surface area contributed by atoms with E-state index in [1.54, 1.807) is 24.3 Å². The summed E-state index contributed by atoms with van der Waals surface area (Å²) in [6.45, 7) is 0. The van der Waals surface area contributed by atoms with Gasteiger partial charge in [0.1, 0.15) is 0 Å². The summed E-state index contributed by atoms with van der Waals surface area (Å²) in [6, 6.07) is 10.7. The second kappa shape index (κ2) is 7.49. The van der Waals surface area contributed by atoms with Crippen molar-refractivity contribution in [1.29, 1.82) is 0 Å². The minimum Gasteiger partial charge on any atom is -0.331 e. The minimum absolute atomic E-state index is 0.0163. The number of nitro groups is 1. The standard InChI is InChI=1S/C14H9BrClN3O3S/c15-9-3-1-2-8(6-9)13(20)18-14(23)17-12-7-10(19(21)22)4-5-11(12)16/h1-7H,(H2,17,18,20,23). The topological polar surface area (TPSA) is 84.3 Å². The number of nitro benzene ring substituents is 1. The van der Waals surface area contributed by atoms with Crippen LogP contribution in [0.2, 0.25) is 5.02 Å². The molecule has 0 aliphatic carbocycles. The second-order valence-electron chi connectivity index (χ2n) is 4.34. The van der Waals surface area contributed by atoms with Crippen LogP contribution in [0.25, 0.3) is 0 Å². The SMILES string of the molecule is O=C(NC(=S)Nc1cc([N+](=O)[O-])ccc1Cl)c1cccc(Br)c1. The summed E-state index contributed by atoms with van der Waals surface area (Å²) in [4.78, 5) is 22.3. The van der Waals surface area contributed by atoms with Crippen molar-refractivity contribution in [3.8, 4) is 0 Å². The molecule has 0 fully saturated rings. The first-order valence-electron chi connectivity index (χ1n) is 6.18. The Hall–Kier alpha value is -2.03. The van der Waals surface area contributed by atoms with Gasteiger partial charge in [-0.2, -0.15) is 0 Å². The van der Waals surface area contributed by atoms with Crippen LogP contribution in [0, 0.1) is 10.1 Å². The summed E-state index contributed by atoms with van der Waals surface area (Å²) in [7, 11) is 0. The molecule has 0 saturated heterocycles. The average Bonchev–Trinajstić information content (AvgIpc) is 2.49.